The molecular formula is C18H25N5O2. The second-order valence-corrected chi connectivity index (χ2v) is 6.77. The molecule has 2 amide bonds. The van der Waals surface area contributed by atoms with Gasteiger partial charge in [0.2, 0.25) is 0 Å². The van der Waals surface area contributed by atoms with Crippen LogP contribution in [0.3, 0.4) is 0 Å². The number of carbonyl (C=O) groups is 1. The fourth-order valence-corrected chi connectivity index (χ4v) is 3.22. The number of hydrogen-bond donors (Lipinski definition) is 2. The third-order valence-electron chi connectivity index (χ3n) is 4.92. The number of rotatable bonds is 7. The van der Waals surface area contributed by atoms with Crippen molar-refractivity contribution >= 4 is 6.03 Å². The van der Waals surface area contributed by atoms with Crippen molar-refractivity contribution < 1.29 is 9.53 Å². The van der Waals surface area contributed by atoms with E-state index in [0.29, 0.717) is 13.2 Å². The van der Waals surface area contributed by atoms with Crippen LogP contribution in [-0.2, 0) is 4.74 Å². The molecule has 0 unspecified atom stereocenters. The van der Waals surface area contributed by atoms with Crippen molar-refractivity contribution in [2.45, 2.75) is 32.2 Å². The second kappa shape index (κ2) is 7.65. The molecule has 0 spiro atoms. The van der Waals surface area contributed by atoms with Gasteiger partial charge in [0.15, 0.2) is 0 Å². The Kier molecular flexibility index (Phi) is 5.33. The smallest absolute Gasteiger partial charge is 0.315 e. The van der Waals surface area contributed by atoms with Gasteiger partial charge in [-0.2, -0.15) is 0 Å². The van der Waals surface area contributed by atoms with Crippen LogP contribution >= 0.6 is 0 Å². The first kappa shape index (κ1) is 17.4. The van der Waals surface area contributed by atoms with Gasteiger partial charge in [-0.05, 0) is 37.5 Å². The molecule has 1 heterocycles. The van der Waals surface area contributed by atoms with E-state index in [1.54, 1.807) is 24.2 Å². The molecule has 1 aliphatic rings. The zero-order chi connectivity index (χ0) is 17.7. The predicted molar refractivity (Wildman–Crippen MR) is 94.5 cm³/mol. The minimum Gasteiger partial charge on any atom is -0.384 e. The Hall–Kier alpha value is -2.41. The minimum absolute atomic E-state index is 0.0791. The lowest BCUT2D eigenvalue weighted by Gasteiger charge is -2.41. The van der Waals surface area contributed by atoms with Crippen LogP contribution in [0, 0.1) is 5.41 Å². The highest BCUT2D eigenvalue weighted by molar-refractivity contribution is 5.74. The van der Waals surface area contributed by atoms with Crippen molar-refractivity contribution in [2.75, 3.05) is 20.3 Å². The largest absolute Gasteiger partial charge is 0.384 e. The standard InChI is InChI=1S/C18H25N5O2/c1-14(15-4-6-16(7-5-15)23-11-10-20-22-23)21-17(24)19-12-18(13-25-2)8-3-9-18/h4-7,10-11,14H,3,8-9,12-13H2,1-2H3,(H2,19,21,24)/t14-/m1/s1. The van der Waals surface area contributed by atoms with E-state index in [4.69, 9.17) is 4.74 Å². The maximum absolute atomic E-state index is 12.2. The first-order valence-corrected chi connectivity index (χ1v) is 8.62. The van der Waals surface area contributed by atoms with Gasteiger partial charge in [0.25, 0.3) is 0 Å². The number of aromatic nitrogens is 3. The summed E-state index contributed by atoms with van der Waals surface area (Å²) in [5, 5.41) is 13.7. The SMILES string of the molecule is COCC1(CNC(=O)N[C@H](C)c2ccc(-n3ccnn3)cc2)CCC1. The number of carbonyl (C=O) groups excluding carboxylic acids is 1. The van der Waals surface area contributed by atoms with Crippen molar-refractivity contribution in [3.8, 4) is 5.69 Å². The Labute approximate surface area is 147 Å². The van der Waals surface area contributed by atoms with Gasteiger partial charge in [-0.3, -0.25) is 0 Å². The van der Waals surface area contributed by atoms with Crippen LogP contribution in [0.15, 0.2) is 36.7 Å². The second-order valence-electron chi connectivity index (χ2n) is 6.77. The van der Waals surface area contributed by atoms with Crippen molar-refractivity contribution in [1.82, 2.24) is 25.6 Å². The van der Waals surface area contributed by atoms with Crippen LogP contribution in [0.4, 0.5) is 4.79 Å². The molecule has 1 fully saturated rings. The van der Waals surface area contributed by atoms with E-state index in [2.05, 4.69) is 20.9 Å². The van der Waals surface area contributed by atoms with E-state index in [1.807, 2.05) is 31.2 Å². The highest BCUT2D eigenvalue weighted by Gasteiger charge is 2.37. The molecule has 3 rings (SSSR count). The highest BCUT2D eigenvalue weighted by atomic mass is 16.5. The molecule has 0 bridgehead atoms. The van der Waals surface area contributed by atoms with Gasteiger partial charge in [-0.1, -0.05) is 23.8 Å². The van der Waals surface area contributed by atoms with Gasteiger partial charge < -0.3 is 15.4 Å². The minimum atomic E-state index is -0.143. The van der Waals surface area contributed by atoms with Crippen molar-refractivity contribution in [2.24, 2.45) is 5.41 Å². The highest BCUT2D eigenvalue weighted by Crippen LogP contribution is 2.40. The number of hydrogen-bond acceptors (Lipinski definition) is 4. The molecule has 1 atom stereocenters. The molecule has 2 N–H and O–H groups in total. The number of urea groups is 1. The van der Waals surface area contributed by atoms with Crippen LogP contribution < -0.4 is 10.6 Å². The van der Waals surface area contributed by atoms with Crippen LogP contribution in [0.2, 0.25) is 0 Å². The fraction of sp³-hybridized carbons (Fsp3) is 0.500. The summed E-state index contributed by atoms with van der Waals surface area (Å²) in [5.74, 6) is 0. The van der Waals surface area contributed by atoms with Gasteiger partial charge in [0.1, 0.15) is 0 Å². The molecule has 1 aromatic heterocycles. The lowest BCUT2D eigenvalue weighted by molar-refractivity contribution is 0.0200. The fourth-order valence-electron chi connectivity index (χ4n) is 3.22. The summed E-state index contributed by atoms with van der Waals surface area (Å²) in [6.45, 7) is 3.33. The molecule has 7 nitrogen and oxygen atoms in total. The van der Waals surface area contributed by atoms with Gasteiger partial charge in [-0.25, -0.2) is 9.48 Å². The number of amides is 2. The monoisotopic (exact) mass is 343 g/mol. The van der Waals surface area contributed by atoms with Crippen LogP contribution in [0.5, 0.6) is 0 Å². The van der Waals surface area contributed by atoms with E-state index < -0.39 is 0 Å². The number of nitrogens with one attached hydrogen (secondary N) is 2. The van der Waals surface area contributed by atoms with Crippen LogP contribution in [-0.4, -0.2) is 41.3 Å². The molecule has 0 radical (unpaired) electrons. The summed E-state index contributed by atoms with van der Waals surface area (Å²) in [7, 11) is 1.71. The van der Waals surface area contributed by atoms with E-state index in [9.17, 15) is 4.79 Å². The number of nitrogens with zero attached hydrogens (tertiary/aromatic N) is 3. The maximum Gasteiger partial charge on any atom is 0.315 e. The molecule has 1 aliphatic carbocycles. The topological polar surface area (TPSA) is 81.1 Å². The summed E-state index contributed by atoms with van der Waals surface area (Å²) in [6.07, 6.45) is 6.86. The summed E-state index contributed by atoms with van der Waals surface area (Å²) in [6, 6.07) is 7.67. The lowest BCUT2D eigenvalue weighted by atomic mass is 9.69. The first-order chi connectivity index (χ1) is 12.1. The Morgan fingerprint density at radius 3 is 2.68 bits per heavy atom. The summed E-state index contributed by atoms with van der Waals surface area (Å²) >= 11 is 0. The molecule has 1 aromatic carbocycles. The Morgan fingerprint density at radius 1 is 1.36 bits per heavy atom. The number of benzene rings is 1. The quantitative estimate of drug-likeness (QED) is 0.809. The summed E-state index contributed by atoms with van der Waals surface area (Å²) < 4.78 is 6.99. The maximum atomic E-state index is 12.2. The van der Waals surface area contributed by atoms with Crippen molar-refractivity contribution in [1.29, 1.82) is 0 Å². The van der Waals surface area contributed by atoms with E-state index in [-0.39, 0.29) is 17.5 Å². The number of ether oxygens (including phenoxy) is 1. The van der Waals surface area contributed by atoms with Gasteiger partial charge in [-0.15, -0.1) is 5.10 Å². The first-order valence-electron chi connectivity index (χ1n) is 8.62. The van der Waals surface area contributed by atoms with Gasteiger partial charge >= 0.3 is 6.03 Å². The molecule has 7 heteroatoms. The third kappa shape index (κ3) is 4.17. The lowest BCUT2D eigenvalue weighted by Crippen LogP contribution is -2.48. The molecule has 25 heavy (non-hydrogen) atoms. The van der Waals surface area contributed by atoms with Crippen LogP contribution in [0.25, 0.3) is 5.69 Å². The third-order valence-corrected chi connectivity index (χ3v) is 4.92. The molecule has 0 aliphatic heterocycles. The molecule has 1 saturated carbocycles. The zero-order valence-corrected chi connectivity index (χ0v) is 14.7. The van der Waals surface area contributed by atoms with E-state index >= 15 is 0 Å². The Balaban J connectivity index is 1.51. The van der Waals surface area contributed by atoms with Gasteiger partial charge in [0.05, 0.1) is 30.7 Å². The van der Waals surface area contributed by atoms with Gasteiger partial charge in [0, 0.05) is 19.1 Å². The zero-order valence-electron chi connectivity index (χ0n) is 14.7. The van der Waals surface area contributed by atoms with Crippen molar-refractivity contribution in [3.63, 3.8) is 0 Å². The van der Waals surface area contributed by atoms with E-state index in [0.717, 1.165) is 24.1 Å². The van der Waals surface area contributed by atoms with Crippen LogP contribution in [0.1, 0.15) is 37.8 Å². The predicted octanol–water partition coefficient (Wildman–Crippen LogP) is 2.44. The molecule has 2 aromatic rings. The average Bonchev–Trinajstić information content (AvgIpc) is 3.12. The molecule has 134 valence electrons. The van der Waals surface area contributed by atoms with E-state index in [1.165, 1.54) is 6.42 Å². The normalized spacial score (nSPS) is 16.7. The Morgan fingerprint density at radius 2 is 2.12 bits per heavy atom. The van der Waals surface area contributed by atoms with Crippen molar-refractivity contribution in [3.05, 3.63) is 42.2 Å². The Bertz CT molecular complexity index is 680. The average molecular weight is 343 g/mol. The molecular weight excluding hydrogens is 318 g/mol. The summed E-state index contributed by atoms with van der Waals surface area (Å²) in [4.78, 5) is 12.2. The number of methoxy groups -OCH3 is 1. The molecule has 0 saturated heterocycles. The summed E-state index contributed by atoms with van der Waals surface area (Å²) in [5.41, 5.74) is 2.09.